The highest BCUT2D eigenvalue weighted by Crippen LogP contribution is 2.36. The average molecular weight is 248 g/mol. The highest BCUT2D eigenvalue weighted by Gasteiger charge is 2.27. The number of benzene rings is 1. The molecule has 1 aromatic carbocycles. The Hall–Kier alpha value is -1.55. The van der Waals surface area contributed by atoms with Gasteiger partial charge in [-0.05, 0) is 24.6 Å². The number of amides is 1. The van der Waals surface area contributed by atoms with Crippen LogP contribution in [0.1, 0.15) is 26.3 Å². The molecule has 1 heterocycles. The lowest BCUT2D eigenvalue weighted by Gasteiger charge is -2.31. The van der Waals surface area contributed by atoms with Gasteiger partial charge >= 0.3 is 0 Å². The van der Waals surface area contributed by atoms with Crippen molar-refractivity contribution in [2.24, 2.45) is 5.73 Å². The van der Waals surface area contributed by atoms with Crippen LogP contribution in [-0.4, -0.2) is 25.6 Å². The molecule has 1 aliphatic heterocycles. The van der Waals surface area contributed by atoms with Crippen LogP contribution in [0, 0.1) is 0 Å². The molecule has 0 saturated carbocycles. The highest BCUT2D eigenvalue weighted by molar-refractivity contribution is 5.97. The predicted molar refractivity (Wildman–Crippen MR) is 72.0 cm³/mol. The monoisotopic (exact) mass is 248 g/mol. The summed E-state index contributed by atoms with van der Waals surface area (Å²) < 4.78 is 5.45. The first-order valence-electron chi connectivity index (χ1n) is 6.27. The molecule has 1 aliphatic rings. The average Bonchev–Trinajstić information content (AvgIpc) is 2.38. The van der Waals surface area contributed by atoms with Gasteiger partial charge in [-0.25, -0.2) is 0 Å². The maximum absolute atomic E-state index is 11.8. The molecule has 4 nitrogen and oxygen atoms in total. The summed E-state index contributed by atoms with van der Waals surface area (Å²) in [5.41, 5.74) is 7.67. The maximum atomic E-state index is 11.8. The number of rotatable bonds is 3. The van der Waals surface area contributed by atoms with Crippen molar-refractivity contribution in [3.8, 4) is 5.75 Å². The van der Waals surface area contributed by atoms with Gasteiger partial charge in [0, 0.05) is 18.5 Å². The SMILES string of the molecule is CCN1C(=O)COc2ccc(C(C)(C)CN)cc21. The second kappa shape index (κ2) is 4.61. The number of hydrogen-bond donors (Lipinski definition) is 1. The Morgan fingerprint density at radius 1 is 1.44 bits per heavy atom. The van der Waals surface area contributed by atoms with Crippen LogP contribution in [0.15, 0.2) is 18.2 Å². The zero-order valence-electron chi connectivity index (χ0n) is 11.2. The van der Waals surface area contributed by atoms with E-state index in [-0.39, 0.29) is 17.9 Å². The van der Waals surface area contributed by atoms with Crippen LogP contribution in [0.4, 0.5) is 5.69 Å². The second-order valence-electron chi connectivity index (χ2n) is 5.20. The van der Waals surface area contributed by atoms with Crippen molar-refractivity contribution in [1.29, 1.82) is 0 Å². The molecule has 2 N–H and O–H groups in total. The van der Waals surface area contributed by atoms with Crippen LogP contribution in [-0.2, 0) is 10.2 Å². The van der Waals surface area contributed by atoms with Gasteiger partial charge in [0.25, 0.3) is 5.91 Å². The van der Waals surface area contributed by atoms with E-state index in [2.05, 4.69) is 13.8 Å². The molecule has 0 saturated heterocycles. The van der Waals surface area contributed by atoms with Crippen molar-refractivity contribution in [3.05, 3.63) is 23.8 Å². The van der Waals surface area contributed by atoms with Gasteiger partial charge in [0.05, 0.1) is 5.69 Å². The topological polar surface area (TPSA) is 55.6 Å². The van der Waals surface area contributed by atoms with Crippen LogP contribution in [0.25, 0.3) is 0 Å². The standard InChI is InChI=1S/C14H20N2O2/c1-4-16-11-7-10(14(2,3)9-15)5-6-12(11)18-8-13(16)17/h5-7H,4,8-9,15H2,1-3H3. The molecule has 1 amide bonds. The minimum atomic E-state index is -0.102. The number of carbonyl (C=O) groups is 1. The second-order valence-corrected chi connectivity index (χ2v) is 5.20. The zero-order chi connectivity index (χ0) is 13.3. The zero-order valence-corrected chi connectivity index (χ0v) is 11.2. The van der Waals surface area contributed by atoms with Crippen LogP contribution >= 0.6 is 0 Å². The molecule has 0 fully saturated rings. The number of carbonyl (C=O) groups excluding carboxylic acids is 1. The number of hydrogen-bond acceptors (Lipinski definition) is 3. The van der Waals surface area contributed by atoms with E-state index < -0.39 is 0 Å². The van der Waals surface area contributed by atoms with E-state index >= 15 is 0 Å². The van der Waals surface area contributed by atoms with Gasteiger partial charge in [0.1, 0.15) is 5.75 Å². The van der Waals surface area contributed by atoms with Crippen LogP contribution in [0.3, 0.4) is 0 Å². The van der Waals surface area contributed by atoms with Crippen LogP contribution in [0.2, 0.25) is 0 Å². The predicted octanol–water partition coefficient (Wildman–Crippen LogP) is 1.67. The van der Waals surface area contributed by atoms with Crippen molar-refractivity contribution in [3.63, 3.8) is 0 Å². The van der Waals surface area contributed by atoms with Crippen LogP contribution in [0.5, 0.6) is 5.75 Å². The third-order valence-electron chi connectivity index (χ3n) is 3.51. The Bertz CT molecular complexity index is 469. The van der Waals surface area contributed by atoms with Gasteiger partial charge in [-0.3, -0.25) is 4.79 Å². The molecule has 0 atom stereocenters. The molecule has 0 unspecified atom stereocenters. The lowest BCUT2D eigenvalue weighted by molar-refractivity contribution is -0.121. The van der Waals surface area contributed by atoms with Gasteiger partial charge in [-0.15, -0.1) is 0 Å². The van der Waals surface area contributed by atoms with Gasteiger partial charge < -0.3 is 15.4 Å². The van der Waals surface area contributed by atoms with Gasteiger partial charge in [-0.2, -0.15) is 0 Å². The number of likely N-dealkylation sites (N-methyl/N-ethyl adjacent to an activating group) is 1. The quantitative estimate of drug-likeness (QED) is 0.885. The van der Waals surface area contributed by atoms with E-state index in [1.54, 1.807) is 4.90 Å². The minimum absolute atomic E-state index is 0.00713. The third kappa shape index (κ3) is 2.08. The minimum Gasteiger partial charge on any atom is -0.482 e. The lowest BCUT2D eigenvalue weighted by Crippen LogP contribution is -2.39. The van der Waals surface area contributed by atoms with E-state index in [0.29, 0.717) is 13.1 Å². The summed E-state index contributed by atoms with van der Waals surface area (Å²) in [5, 5.41) is 0. The van der Waals surface area contributed by atoms with Crippen molar-refractivity contribution in [1.82, 2.24) is 0 Å². The molecule has 0 radical (unpaired) electrons. The Morgan fingerprint density at radius 3 is 2.78 bits per heavy atom. The number of fused-ring (bicyclic) bond motifs is 1. The summed E-state index contributed by atoms with van der Waals surface area (Å²) in [6.45, 7) is 7.50. The van der Waals surface area contributed by atoms with E-state index in [1.165, 1.54) is 0 Å². The van der Waals surface area contributed by atoms with Gasteiger partial charge in [0.15, 0.2) is 6.61 Å². The first kappa shape index (κ1) is 12.9. The van der Waals surface area contributed by atoms with Crippen LogP contribution < -0.4 is 15.4 Å². The van der Waals surface area contributed by atoms with Crippen molar-refractivity contribution in [2.45, 2.75) is 26.2 Å². The molecule has 18 heavy (non-hydrogen) atoms. The van der Waals surface area contributed by atoms with E-state index in [1.807, 2.05) is 25.1 Å². The van der Waals surface area contributed by atoms with Crippen molar-refractivity contribution >= 4 is 11.6 Å². The van der Waals surface area contributed by atoms with E-state index in [9.17, 15) is 4.79 Å². The van der Waals surface area contributed by atoms with E-state index in [4.69, 9.17) is 10.5 Å². The number of anilines is 1. The first-order valence-corrected chi connectivity index (χ1v) is 6.27. The Morgan fingerprint density at radius 2 is 2.17 bits per heavy atom. The number of ether oxygens (including phenoxy) is 1. The largest absolute Gasteiger partial charge is 0.482 e. The normalized spacial score (nSPS) is 15.3. The molecule has 1 aromatic rings. The smallest absolute Gasteiger partial charge is 0.265 e. The lowest BCUT2D eigenvalue weighted by atomic mass is 9.84. The molecule has 4 heteroatoms. The molecule has 0 aromatic heterocycles. The summed E-state index contributed by atoms with van der Waals surface area (Å²) in [7, 11) is 0. The Kier molecular flexibility index (Phi) is 3.30. The molecular formula is C14H20N2O2. The number of nitrogens with zero attached hydrogens (tertiary/aromatic N) is 1. The fraction of sp³-hybridized carbons (Fsp3) is 0.500. The fourth-order valence-corrected chi connectivity index (χ4v) is 2.09. The molecule has 0 spiro atoms. The first-order chi connectivity index (χ1) is 8.49. The Balaban J connectivity index is 2.47. The number of nitrogens with two attached hydrogens (primary N) is 1. The highest BCUT2D eigenvalue weighted by atomic mass is 16.5. The van der Waals surface area contributed by atoms with Gasteiger partial charge in [-0.1, -0.05) is 19.9 Å². The summed E-state index contributed by atoms with van der Waals surface area (Å²) >= 11 is 0. The van der Waals surface area contributed by atoms with Crippen molar-refractivity contribution < 1.29 is 9.53 Å². The molecule has 0 bridgehead atoms. The summed E-state index contributed by atoms with van der Waals surface area (Å²) in [5.74, 6) is 0.778. The molecular weight excluding hydrogens is 228 g/mol. The summed E-state index contributed by atoms with van der Waals surface area (Å²) in [6, 6.07) is 5.97. The molecule has 2 rings (SSSR count). The summed E-state index contributed by atoms with van der Waals surface area (Å²) in [4.78, 5) is 13.6. The summed E-state index contributed by atoms with van der Waals surface area (Å²) in [6.07, 6.45) is 0. The maximum Gasteiger partial charge on any atom is 0.265 e. The molecule has 98 valence electrons. The fourth-order valence-electron chi connectivity index (χ4n) is 2.09. The van der Waals surface area contributed by atoms with Gasteiger partial charge in [0.2, 0.25) is 0 Å². The Labute approximate surface area is 108 Å². The third-order valence-corrected chi connectivity index (χ3v) is 3.51. The molecule has 0 aliphatic carbocycles. The van der Waals surface area contributed by atoms with Crippen molar-refractivity contribution in [2.75, 3.05) is 24.6 Å². The van der Waals surface area contributed by atoms with E-state index in [0.717, 1.165) is 17.0 Å².